The summed E-state index contributed by atoms with van der Waals surface area (Å²) < 4.78 is 5.22. The van der Waals surface area contributed by atoms with Crippen LogP contribution in [-0.4, -0.2) is 37.0 Å². The molecule has 0 aliphatic rings. The van der Waals surface area contributed by atoms with Crippen molar-refractivity contribution in [3.63, 3.8) is 0 Å². The molecule has 2 aromatic rings. The Morgan fingerprint density at radius 3 is 2.50 bits per heavy atom. The summed E-state index contributed by atoms with van der Waals surface area (Å²) in [7, 11) is 1.50. The van der Waals surface area contributed by atoms with E-state index in [1.165, 1.54) is 7.11 Å². The fourth-order valence-corrected chi connectivity index (χ4v) is 2.93. The molecular weight excluding hydrogens is 372 g/mol. The lowest BCUT2D eigenvalue weighted by Crippen LogP contribution is -2.44. The Morgan fingerprint density at radius 2 is 1.85 bits per heavy atom. The standard InChI is InChI=1S/C19H21ClN2O3S/c1-25-17-6-4-3-5-15(17)18(23)22-16(11-12-26-2)19(24)21-14-9-7-13(20)8-10-14/h3-10,16H,11-12H2,1-2H3,(H,21,24)(H,22,23)/t16-/m0/s1. The minimum Gasteiger partial charge on any atom is -0.496 e. The van der Waals surface area contributed by atoms with Crippen molar-refractivity contribution in [2.45, 2.75) is 12.5 Å². The number of ether oxygens (including phenoxy) is 1. The van der Waals surface area contributed by atoms with Gasteiger partial charge in [-0.3, -0.25) is 9.59 Å². The largest absolute Gasteiger partial charge is 0.496 e. The molecule has 5 nitrogen and oxygen atoms in total. The highest BCUT2D eigenvalue weighted by atomic mass is 35.5. The van der Waals surface area contributed by atoms with E-state index in [2.05, 4.69) is 10.6 Å². The zero-order valence-corrected chi connectivity index (χ0v) is 16.2. The van der Waals surface area contributed by atoms with E-state index in [1.54, 1.807) is 60.3 Å². The monoisotopic (exact) mass is 392 g/mol. The van der Waals surface area contributed by atoms with Gasteiger partial charge in [-0.25, -0.2) is 0 Å². The first-order valence-corrected chi connectivity index (χ1v) is 9.81. The average Bonchev–Trinajstić information content (AvgIpc) is 2.66. The molecule has 0 unspecified atom stereocenters. The van der Waals surface area contributed by atoms with Crippen molar-refractivity contribution in [2.75, 3.05) is 24.4 Å². The van der Waals surface area contributed by atoms with Gasteiger partial charge in [0.05, 0.1) is 12.7 Å². The van der Waals surface area contributed by atoms with E-state index in [-0.39, 0.29) is 11.8 Å². The number of nitrogens with one attached hydrogen (secondary N) is 2. The number of hydrogen-bond donors (Lipinski definition) is 2. The van der Waals surface area contributed by atoms with Gasteiger partial charge in [-0.15, -0.1) is 0 Å². The Hall–Kier alpha value is -2.18. The maximum Gasteiger partial charge on any atom is 0.255 e. The quantitative estimate of drug-likeness (QED) is 0.716. The molecule has 0 aliphatic carbocycles. The van der Waals surface area contributed by atoms with Crippen LogP contribution in [0.2, 0.25) is 5.02 Å². The maximum absolute atomic E-state index is 12.6. The maximum atomic E-state index is 12.6. The normalized spacial score (nSPS) is 11.5. The van der Waals surface area contributed by atoms with Crippen LogP contribution in [-0.2, 0) is 4.79 Å². The summed E-state index contributed by atoms with van der Waals surface area (Å²) in [5.74, 6) is 0.585. The van der Waals surface area contributed by atoms with Crippen LogP contribution in [0.5, 0.6) is 5.75 Å². The highest BCUT2D eigenvalue weighted by molar-refractivity contribution is 7.98. The second-order valence-electron chi connectivity index (χ2n) is 5.50. The van der Waals surface area contributed by atoms with E-state index in [9.17, 15) is 9.59 Å². The van der Waals surface area contributed by atoms with Crippen molar-refractivity contribution in [2.24, 2.45) is 0 Å². The fraction of sp³-hybridized carbons (Fsp3) is 0.263. The number of methoxy groups -OCH3 is 1. The van der Waals surface area contributed by atoms with Crippen molar-refractivity contribution in [3.05, 3.63) is 59.1 Å². The smallest absolute Gasteiger partial charge is 0.255 e. The van der Waals surface area contributed by atoms with E-state index >= 15 is 0 Å². The van der Waals surface area contributed by atoms with Crippen molar-refractivity contribution in [3.8, 4) is 5.75 Å². The van der Waals surface area contributed by atoms with Gasteiger partial charge in [0, 0.05) is 10.7 Å². The predicted molar refractivity (Wildman–Crippen MR) is 107 cm³/mol. The van der Waals surface area contributed by atoms with E-state index in [1.807, 2.05) is 6.26 Å². The van der Waals surface area contributed by atoms with Crippen LogP contribution in [0.1, 0.15) is 16.8 Å². The molecule has 0 saturated carbocycles. The summed E-state index contributed by atoms with van der Waals surface area (Å²) in [6, 6.07) is 13.1. The highest BCUT2D eigenvalue weighted by Crippen LogP contribution is 2.18. The predicted octanol–water partition coefficient (Wildman–Crippen LogP) is 3.84. The van der Waals surface area contributed by atoms with Crippen LogP contribution in [0.3, 0.4) is 0 Å². The Morgan fingerprint density at radius 1 is 1.15 bits per heavy atom. The number of rotatable bonds is 8. The van der Waals surface area contributed by atoms with Gasteiger partial charge in [0.25, 0.3) is 5.91 Å². The van der Waals surface area contributed by atoms with Gasteiger partial charge >= 0.3 is 0 Å². The molecule has 0 bridgehead atoms. The summed E-state index contributed by atoms with van der Waals surface area (Å²) in [4.78, 5) is 25.2. The number of anilines is 1. The SMILES string of the molecule is COc1ccccc1C(=O)N[C@@H](CCSC)C(=O)Nc1ccc(Cl)cc1. The molecule has 7 heteroatoms. The number of amides is 2. The van der Waals surface area contributed by atoms with Crippen molar-refractivity contribution in [1.29, 1.82) is 0 Å². The molecule has 0 aliphatic heterocycles. The molecule has 1 atom stereocenters. The second-order valence-corrected chi connectivity index (χ2v) is 6.93. The zero-order chi connectivity index (χ0) is 18.9. The number of carbonyl (C=O) groups is 2. The molecule has 138 valence electrons. The van der Waals surface area contributed by atoms with Gasteiger partial charge in [-0.2, -0.15) is 11.8 Å². The second kappa shape index (κ2) is 10.1. The van der Waals surface area contributed by atoms with Crippen LogP contribution in [0.4, 0.5) is 5.69 Å². The van der Waals surface area contributed by atoms with Crippen molar-refractivity contribution >= 4 is 40.9 Å². The topological polar surface area (TPSA) is 67.4 Å². The first-order chi connectivity index (χ1) is 12.5. The first kappa shape index (κ1) is 20.1. The molecule has 0 saturated heterocycles. The highest BCUT2D eigenvalue weighted by Gasteiger charge is 2.22. The number of carbonyl (C=O) groups excluding carboxylic acids is 2. The molecular formula is C19H21ClN2O3S. The van der Waals surface area contributed by atoms with E-state index < -0.39 is 6.04 Å². The Balaban J connectivity index is 2.11. The summed E-state index contributed by atoms with van der Waals surface area (Å²) in [5.41, 5.74) is 1.02. The number of hydrogen-bond acceptors (Lipinski definition) is 4. The van der Waals surface area contributed by atoms with Crippen LogP contribution in [0, 0.1) is 0 Å². The van der Waals surface area contributed by atoms with Crippen LogP contribution >= 0.6 is 23.4 Å². The molecule has 0 spiro atoms. The molecule has 2 rings (SSSR count). The lowest BCUT2D eigenvalue weighted by Gasteiger charge is -2.19. The van der Waals surface area contributed by atoms with Gasteiger partial charge in [0.15, 0.2) is 0 Å². The Labute approximate surface area is 162 Å². The summed E-state index contributed by atoms with van der Waals surface area (Å²) in [6.45, 7) is 0. The van der Waals surface area contributed by atoms with Gasteiger partial charge < -0.3 is 15.4 Å². The Bertz CT molecular complexity index is 753. The van der Waals surface area contributed by atoms with Crippen LogP contribution in [0.15, 0.2) is 48.5 Å². The van der Waals surface area contributed by atoms with E-state index in [4.69, 9.17) is 16.3 Å². The molecule has 2 amide bonds. The van der Waals surface area contributed by atoms with E-state index in [0.29, 0.717) is 28.4 Å². The molecule has 0 radical (unpaired) electrons. The fourth-order valence-electron chi connectivity index (χ4n) is 2.34. The molecule has 0 aromatic heterocycles. The zero-order valence-electron chi connectivity index (χ0n) is 14.6. The van der Waals surface area contributed by atoms with Crippen LogP contribution in [0.25, 0.3) is 0 Å². The molecule has 26 heavy (non-hydrogen) atoms. The van der Waals surface area contributed by atoms with Gasteiger partial charge in [0.2, 0.25) is 5.91 Å². The summed E-state index contributed by atoms with van der Waals surface area (Å²) >= 11 is 7.47. The number of halogens is 1. The number of thioether (sulfide) groups is 1. The third-order valence-electron chi connectivity index (χ3n) is 3.70. The first-order valence-electron chi connectivity index (χ1n) is 8.04. The molecule has 2 N–H and O–H groups in total. The molecule has 0 heterocycles. The van der Waals surface area contributed by atoms with Gasteiger partial charge in [0.1, 0.15) is 11.8 Å². The van der Waals surface area contributed by atoms with E-state index in [0.717, 1.165) is 5.75 Å². The third kappa shape index (κ3) is 5.68. The van der Waals surface area contributed by atoms with Crippen molar-refractivity contribution < 1.29 is 14.3 Å². The molecule has 2 aromatic carbocycles. The average molecular weight is 393 g/mol. The lowest BCUT2D eigenvalue weighted by molar-refractivity contribution is -0.118. The van der Waals surface area contributed by atoms with Gasteiger partial charge in [-0.1, -0.05) is 23.7 Å². The summed E-state index contributed by atoms with van der Waals surface area (Å²) in [6.07, 6.45) is 2.47. The van der Waals surface area contributed by atoms with Crippen LogP contribution < -0.4 is 15.4 Å². The third-order valence-corrected chi connectivity index (χ3v) is 4.59. The Kier molecular flexibility index (Phi) is 7.81. The number of para-hydroxylation sites is 1. The van der Waals surface area contributed by atoms with Gasteiger partial charge in [-0.05, 0) is 54.8 Å². The minimum absolute atomic E-state index is 0.273. The van der Waals surface area contributed by atoms with Crippen molar-refractivity contribution in [1.82, 2.24) is 5.32 Å². The summed E-state index contributed by atoms with van der Waals surface area (Å²) in [5, 5.41) is 6.20. The number of benzene rings is 2. The lowest BCUT2D eigenvalue weighted by atomic mass is 10.1. The minimum atomic E-state index is -0.657. The molecule has 0 fully saturated rings.